The lowest BCUT2D eigenvalue weighted by molar-refractivity contribution is -0.124. The fraction of sp³-hybridized carbons (Fsp3) is 0.304. The average Bonchev–Trinajstić information content (AvgIpc) is 3.25. The van der Waals surface area contributed by atoms with E-state index in [0.717, 1.165) is 24.1 Å². The predicted octanol–water partition coefficient (Wildman–Crippen LogP) is 4.36. The average molecular weight is 501 g/mol. The summed E-state index contributed by atoms with van der Waals surface area (Å²) in [5, 5.41) is 20.6. The van der Waals surface area contributed by atoms with Gasteiger partial charge in [0.25, 0.3) is 0 Å². The second-order valence-corrected chi connectivity index (χ2v) is 8.34. The Bertz CT molecular complexity index is 1100. The third kappa shape index (κ3) is 5.94. The van der Waals surface area contributed by atoms with E-state index in [1.54, 1.807) is 23.0 Å². The van der Waals surface area contributed by atoms with E-state index < -0.39 is 5.97 Å². The maximum Gasteiger partial charge on any atom is 0.339 e. The Morgan fingerprint density at radius 3 is 2.78 bits per heavy atom. The van der Waals surface area contributed by atoms with Crippen LogP contribution in [0.25, 0.3) is 5.69 Å². The van der Waals surface area contributed by atoms with Crippen LogP contribution in [0, 0.1) is 5.92 Å². The topological polar surface area (TPSA) is 106 Å². The number of benzene rings is 2. The third-order valence-corrected chi connectivity index (χ3v) is 5.44. The van der Waals surface area contributed by atoms with Crippen molar-refractivity contribution in [2.45, 2.75) is 39.8 Å². The number of rotatable bonds is 10. The summed E-state index contributed by atoms with van der Waals surface area (Å²) in [4.78, 5) is 23.7. The minimum absolute atomic E-state index is 0.0255. The van der Waals surface area contributed by atoms with E-state index in [1.807, 2.05) is 31.2 Å². The number of carboxylic acid groups (broad SMARTS) is 1. The summed E-state index contributed by atoms with van der Waals surface area (Å²) in [6.45, 7) is 4.43. The molecule has 0 spiro atoms. The van der Waals surface area contributed by atoms with Gasteiger partial charge in [0.2, 0.25) is 5.91 Å². The summed E-state index contributed by atoms with van der Waals surface area (Å²) < 4.78 is 8.02. The molecular formula is C23H25BrN4O4. The van der Waals surface area contributed by atoms with Crippen molar-refractivity contribution in [3.63, 3.8) is 0 Å². The lowest BCUT2D eigenvalue weighted by atomic mass is 10.1. The van der Waals surface area contributed by atoms with Crippen molar-refractivity contribution < 1.29 is 19.4 Å². The summed E-state index contributed by atoms with van der Waals surface area (Å²) in [6, 6.07) is 12.3. The van der Waals surface area contributed by atoms with Gasteiger partial charge >= 0.3 is 5.97 Å². The number of carbonyl (C=O) groups is 2. The molecule has 2 aromatic carbocycles. The van der Waals surface area contributed by atoms with Gasteiger partial charge in [0.1, 0.15) is 23.6 Å². The molecule has 1 unspecified atom stereocenters. The molecule has 0 fully saturated rings. The number of amides is 1. The molecule has 0 aliphatic heterocycles. The van der Waals surface area contributed by atoms with Gasteiger partial charge in [0.05, 0.1) is 11.9 Å². The highest BCUT2D eigenvalue weighted by molar-refractivity contribution is 9.10. The summed E-state index contributed by atoms with van der Waals surface area (Å²) >= 11 is 3.32. The standard InChI is InChI=1S/C23H25BrN4O4/c1-3-6-15(2)22(29)25-12-16-7-4-5-8-20(16)28-13-18(26-27-28)14-32-21-11-17(24)9-10-19(21)23(30)31/h4-5,7-11,13,15H,3,6,12,14H2,1-2H3,(H,25,29)(H,30,31). The van der Waals surface area contributed by atoms with E-state index >= 15 is 0 Å². The molecule has 0 saturated heterocycles. The number of hydrogen-bond acceptors (Lipinski definition) is 5. The Hall–Kier alpha value is -3.20. The van der Waals surface area contributed by atoms with Crippen molar-refractivity contribution in [1.82, 2.24) is 20.3 Å². The number of nitrogens with one attached hydrogen (secondary N) is 1. The number of halogens is 1. The van der Waals surface area contributed by atoms with Gasteiger partial charge in [-0.15, -0.1) is 5.10 Å². The van der Waals surface area contributed by atoms with Gasteiger partial charge in [-0.25, -0.2) is 9.48 Å². The summed E-state index contributed by atoms with van der Waals surface area (Å²) in [7, 11) is 0. The normalized spacial score (nSPS) is 11.7. The molecule has 0 bridgehead atoms. The van der Waals surface area contributed by atoms with Gasteiger partial charge in [-0.1, -0.05) is 59.6 Å². The van der Waals surface area contributed by atoms with Crippen LogP contribution in [0.4, 0.5) is 0 Å². The minimum atomic E-state index is -1.07. The maximum atomic E-state index is 12.3. The maximum absolute atomic E-state index is 12.3. The van der Waals surface area contributed by atoms with Gasteiger partial charge in [-0.05, 0) is 36.2 Å². The minimum Gasteiger partial charge on any atom is -0.486 e. The monoisotopic (exact) mass is 500 g/mol. The molecule has 3 aromatic rings. The molecule has 1 amide bonds. The SMILES string of the molecule is CCCC(C)C(=O)NCc1ccccc1-n1cc(COc2cc(Br)ccc2C(=O)O)nn1. The largest absolute Gasteiger partial charge is 0.486 e. The first-order chi connectivity index (χ1) is 15.4. The van der Waals surface area contributed by atoms with Crippen molar-refractivity contribution in [1.29, 1.82) is 0 Å². The van der Waals surface area contributed by atoms with Gasteiger partial charge in [-0.2, -0.15) is 0 Å². The Kier molecular flexibility index (Phi) is 7.99. The van der Waals surface area contributed by atoms with Gasteiger partial charge in [0, 0.05) is 16.9 Å². The second-order valence-electron chi connectivity index (χ2n) is 7.42. The number of aromatic nitrogens is 3. The van der Waals surface area contributed by atoms with Crippen molar-refractivity contribution in [2.24, 2.45) is 5.92 Å². The molecular weight excluding hydrogens is 476 g/mol. The summed E-state index contributed by atoms with van der Waals surface area (Å²) in [5.41, 5.74) is 2.31. The highest BCUT2D eigenvalue weighted by Crippen LogP contribution is 2.25. The van der Waals surface area contributed by atoms with Crippen LogP contribution in [0.15, 0.2) is 53.1 Å². The van der Waals surface area contributed by atoms with Crippen LogP contribution in [0.2, 0.25) is 0 Å². The van der Waals surface area contributed by atoms with Crippen molar-refractivity contribution in [3.05, 3.63) is 70.0 Å². The zero-order valence-electron chi connectivity index (χ0n) is 17.9. The van der Waals surface area contributed by atoms with Gasteiger partial charge in [-0.3, -0.25) is 4.79 Å². The number of aromatic carboxylic acids is 1. The molecule has 2 N–H and O–H groups in total. The first-order valence-corrected chi connectivity index (χ1v) is 11.1. The van der Waals surface area contributed by atoms with E-state index in [1.165, 1.54) is 6.07 Å². The van der Waals surface area contributed by atoms with E-state index in [2.05, 4.69) is 38.5 Å². The number of para-hydroxylation sites is 1. The van der Waals surface area contributed by atoms with Crippen LogP contribution in [-0.4, -0.2) is 32.0 Å². The summed E-state index contributed by atoms with van der Waals surface area (Å²) in [5.74, 6) is -0.834. The van der Waals surface area contributed by atoms with Crippen molar-refractivity contribution >= 4 is 27.8 Å². The Labute approximate surface area is 194 Å². The first kappa shape index (κ1) is 23.5. The van der Waals surface area contributed by atoms with Crippen LogP contribution in [0.5, 0.6) is 5.75 Å². The highest BCUT2D eigenvalue weighted by Gasteiger charge is 2.15. The molecule has 0 saturated carbocycles. The van der Waals surface area contributed by atoms with Crippen LogP contribution < -0.4 is 10.1 Å². The fourth-order valence-electron chi connectivity index (χ4n) is 3.23. The van der Waals surface area contributed by atoms with Crippen LogP contribution in [0.3, 0.4) is 0 Å². The number of carbonyl (C=O) groups excluding carboxylic acids is 1. The molecule has 1 atom stereocenters. The fourth-order valence-corrected chi connectivity index (χ4v) is 3.57. The van der Waals surface area contributed by atoms with Crippen LogP contribution in [-0.2, 0) is 17.9 Å². The Morgan fingerprint density at radius 1 is 1.25 bits per heavy atom. The molecule has 168 valence electrons. The van der Waals surface area contributed by atoms with Crippen molar-refractivity contribution in [3.8, 4) is 11.4 Å². The lowest BCUT2D eigenvalue weighted by Crippen LogP contribution is -2.29. The molecule has 3 rings (SSSR count). The number of carboxylic acids is 1. The highest BCUT2D eigenvalue weighted by atomic mass is 79.9. The first-order valence-electron chi connectivity index (χ1n) is 10.3. The third-order valence-electron chi connectivity index (χ3n) is 4.95. The molecule has 0 radical (unpaired) electrons. The zero-order valence-corrected chi connectivity index (χ0v) is 19.5. The molecule has 32 heavy (non-hydrogen) atoms. The predicted molar refractivity (Wildman–Crippen MR) is 123 cm³/mol. The van der Waals surface area contributed by atoms with Gasteiger partial charge in [0.15, 0.2) is 0 Å². The molecule has 1 heterocycles. The summed E-state index contributed by atoms with van der Waals surface area (Å²) in [6.07, 6.45) is 3.53. The molecule has 1 aromatic heterocycles. The zero-order chi connectivity index (χ0) is 23.1. The van der Waals surface area contributed by atoms with E-state index in [9.17, 15) is 14.7 Å². The number of nitrogens with zero attached hydrogens (tertiary/aromatic N) is 3. The van der Waals surface area contributed by atoms with E-state index in [4.69, 9.17) is 4.74 Å². The Balaban J connectivity index is 1.71. The molecule has 8 nitrogen and oxygen atoms in total. The molecule has 0 aliphatic rings. The van der Waals surface area contributed by atoms with E-state index in [0.29, 0.717) is 16.7 Å². The van der Waals surface area contributed by atoms with Gasteiger partial charge < -0.3 is 15.2 Å². The molecule has 9 heteroatoms. The number of hydrogen-bond donors (Lipinski definition) is 2. The smallest absolute Gasteiger partial charge is 0.339 e. The van der Waals surface area contributed by atoms with Crippen molar-refractivity contribution in [2.75, 3.05) is 0 Å². The second kappa shape index (κ2) is 10.9. The quantitative estimate of drug-likeness (QED) is 0.428. The Morgan fingerprint density at radius 2 is 2.03 bits per heavy atom. The number of ether oxygens (including phenoxy) is 1. The lowest BCUT2D eigenvalue weighted by Gasteiger charge is -2.13. The van der Waals surface area contributed by atoms with E-state index in [-0.39, 0.29) is 29.7 Å². The van der Waals surface area contributed by atoms with Crippen LogP contribution in [0.1, 0.15) is 48.3 Å². The molecule has 0 aliphatic carbocycles. The van der Waals surface area contributed by atoms with Crippen LogP contribution >= 0.6 is 15.9 Å².